The summed E-state index contributed by atoms with van der Waals surface area (Å²) in [5, 5.41) is 4.92. The fourth-order valence-electron chi connectivity index (χ4n) is 2.89. The lowest BCUT2D eigenvalue weighted by atomic mass is 10.1. The number of nitrogens with zero attached hydrogens (tertiary/aromatic N) is 4. The predicted octanol–water partition coefficient (Wildman–Crippen LogP) is 3.67. The third kappa shape index (κ3) is 2.22. The topological polar surface area (TPSA) is 43.6 Å². The van der Waals surface area contributed by atoms with Crippen LogP contribution in [-0.4, -0.2) is 19.7 Å². The van der Waals surface area contributed by atoms with Gasteiger partial charge in [0.15, 0.2) is 5.82 Å². The molecule has 0 fully saturated rings. The molecule has 0 amide bonds. The highest BCUT2D eigenvalue weighted by Crippen LogP contribution is 2.47. The van der Waals surface area contributed by atoms with Crippen molar-refractivity contribution in [1.29, 1.82) is 0 Å². The molecule has 0 bridgehead atoms. The molecule has 0 N–H and O–H groups in total. The summed E-state index contributed by atoms with van der Waals surface area (Å²) < 4.78 is 1.99. The fourth-order valence-corrected chi connectivity index (χ4v) is 4.28. The molecule has 4 heterocycles. The van der Waals surface area contributed by atoms with E-state index >= 15 is 0 Å². The number of hydrogen-bond donors (Lipinski definition) is 0. The van der Waals surface area contributed by atoms with E-state index in [-0.39, 0.29) is 0 Å². The molecular formula is C17H16N4S. The van der Waals surface area contributed by atoms with Crippen molar-refractivity contribution in [3.63, 3.8) is 0 Å². The molecular weight excluding hydrogens is 292 g/mol. The van der Waals surface area contributed by atoms with Gasteiger partial charge in [-0.3, -0.25) is 4.98 Å². The molecule has 0 radical (unpaired) electrons. The molecule has 22 heavy (non-hydrogen) atoms. The monoisotopic (exact) mass is 308 g/mol. The fraction of sp³-hybridized carbons (Fsp3) is 0.235. The Morgan fingerprint density at radius 2 is 2.09 bits per heavy atom. The Morgan fingerprint density at radius 1 is 1.18 bits per heavy atom. The summed E-state index contributed by atoms with van der Waals surface area (Å²) in [4.78, 5) is 10.2. The number of aryl methyl sites for hydroxylation is 2. The van der Waals surface area contributed by atoms with Gasteiger partial charge >= 0.3 is 0 Å². The number of hydrogen-bond acceptors (Lipinski definition) is 4. The average molecular weight is 308 g/mol. The van der Waals surface area contributed by atoms with E-state index in [4.69, 9.17) is 0 Å². The second kappa shape index (κ2) is 5.25. The van der Waals surface area contributed by atoms with Gasteiger partial charge in [-0.15, -0.1) is 11.8 Å². The molecule has 3 aromatic rings. The minimum Gasteiger partial charge on any atom is -0.264 e. The van der Waals surface area contributed by atoms with Crippen molar-refractivity contribution in [3.8, 4) is 5.82 Å². The third-order valence-corrected chi connectivity index (χ3v) is 5.25. The van der Waals surface area contributed by atoms with Gasteiger partial charge in [-0.25, -0.2) is 9.67 Å². The highest BCUT2D eigenvalue weighted by Gasteiger charge is 2.28. The Bertz CT molecular complexity index is 815. The smallest absolute Gasteiger partial charge is 0.153 e. The summed E-state index contributed by atoms with van der Waals surface area (Å²) in [7, 11) is 0. The van der Waals surface area contributed by atoms with Crippen LogP contribution in [0.2, 0.25) is 0 Å². The van der Waals surface area contributed by atoms with Gasteiger partial charge in [0.25, 0.3) is 0 Å². The van der Waals surface area contributed by atoms with Crippen LogP contribution in [0.1, 0.15) is 27.8 Å². The van der Waals surface area contributed by atoms with Crippen LogP contribution in [0, 0.1) is 13.8 Å². The Morgan fingerprint density at radius 3 is 2.91 bits per heavy atom. The van der Waals surface area contributed by atoms with E-state index in [1.165, 1.54) is 21.7 Å². The van der Waals surface area contributed by atoms with Gasteiger partial charge in [0.2, 0.25) is 0 Å². The third-order valence-electron chi connectivity index (χ3n) is 3.93. The molecule has 1 aliphatic heterocycles. The van der Waals surface area contributed by atoms with Crippen molar-refractivity contribution in [2.24, 2.45) is 0 Å². The van der Waals surface area contributed by atoms with Crippen LogP contribution < -0.4 is 0 Å². The number of aromatic nitrogens is 4. The first kappa shape index (κ1) is 13.5. The van der Waals surface area contributed by atoms with E-state index in [0.29, 0.717) is 5.25 Å². The first-order valence-electron chi connectivity index (χ1n) is 7.30. The summed E-state index contributed by atoms with van der Waals surface area (Å²) in [6.45, 7) is 4.13. The average Bonchev–Trinajstić information content (AvgIpc) is 3.10. The summed E-state index contributed by atoms with van der Waals surface area (Å²) in [5.74, 6) is 0.887. The summed E-state index contributed by atoms with van der Waals surface area (Å²) in [6, 6.07) is 8.14. The maximum Gasteiger partial charge on any atom is 0.153 e. The molecule has 0 aromatic carbocycles. The molecule has 0 saturated heterocycles. The lowest BCUT2D eigenvalue weighted by Crippen LogP contribution is -2.08. The first-order valence-corrected chi connectivity index (χ1v) is 8.18. The molecule has 4 nitrogen and oxygen atoms in total. The van der Waals surface area contributed by atoms with E-state index in [1.54, 1.807) is 0 Å². The Balaban J connectivity index is 1.76. The standard InChI is InChI=1S/C17H16N4S/c1-11-9-19-21(16-5-3-4-12(2)20-16)17(11)15-8-13-10-18-7-6-14(13)22-15/h3-7,9-10,15H,8H2,1-2H3. The van der Waals surface area contributed by atoms with Crippen LogP contribution in [0.25, 0.3) is 5.82 Å². The minimum absolute atomic E-state index is 0.365. The van der Waals surface area contributed by atoms with E-state index in [0.717, 1.165) is 17.9 Å². The summed E-state index contributed by atoms with van der Waals surface area (Å²) in [5.41, 5.74) is 4.77. The second-order valence-corrected chi connectivity index (χ2v) is 6.80. The van der Waals surface area contributed by atoms with Crippen LogP contribution in [0.3, 0.4) is 0 Å². The number of fused-ring (bicyclic) bond motifs is 1. The van der Waals surface area contributed by atoms with Crippen LogP contribution >= 0.6 is 11.8 Å². The van der Waals surface area contributed by atoms with Gasteiger partial charge in [0.1, 0.15) is 0 Å². The number of thioether (sulfide) groups is 1. The predicted molar refractivity (Wildman–Crippen MR) is 87.4 cm³/mol. The van der Waals surface area contributed by atoms with Gasteiger partial charge in [-0.2, -0.15) is 5.10 Å². The van der Waals surface area contributed by atoms with E-state index < -0.39 is 0 Å². The molecule has 3 aromatic heterocycles. The lowest BCUT2D eigenvalue weighted by molar-refractivity contribution is 0.756. The Kier molecular flexibility index (Phi) is 3.22. The van der Waals surface area contributed by atoms with Crippen LogP contribution in [0.5, 0.6) is 0 Å². The van der Waals surface area contributed by atoms with E-state index in [9.17, 15) is 0 Å². The van der Waals surface area contributed by atoms with Crippen molar-refractivity contribution in [1.82, 2.24) is 19.7 Å². The highest BCUT2D eigenvalue weighted by atomic mass is 32.2. The molecule has 0 saturated carbocycles. The minimum atomic E-state index is 0.365. The normalized spacial score (nSPS) is 16.7. The van der Waals surface area contributed by atoms with Gasteiger partial charge in [0, 0.05) is 23.0 Å². The van der Waals surface area contributed by atoms with E-state index in [1.807, 2.05) is 60.2 Å². The van der Waals surface area contributed by atoms with E-state index in [2.05, 4.69) is 28.1 Å². The van der Waals surface area contributed by atoms with Gasteiger partial charge in [-0.05, 0) is 49.6 Å². The SMILES string of the molecule is Cc1cccc(-n2ncc(C)c2C2Cc3cnccc3S2)n1. The van der Waals surface area contributed by atoms with Crippen LogP contribution in [-0.2, 0) is 6.42 Å². The van der Waals surface area contributed by atoms with Gasteiger partial charge in [-0.1, -0.05) is 6.07 Å². The van der Waals surface area contributed by atoms with Crippen molar-refractivity contribution < 1.29 is 0 Å². The molecule has 5 heteroatoms. The van der Waals surface area contributed by atoms with Gasteiger partial charge in [0.05, 0.1) is 17.1 Å². The van der Waals surface area contributed by atoms with Crippen molar-refractivity contribution in [2.45, 2.75) is 30.4 Å². The number of pyridine rings is 2. The number of rotatable bonds is 2. The largest absolute Gasteiger partial charge is 0.264 e. The van der Waals surface area contributed by atoms with Gasteiger partial charge < -0.3 is 0 Å². The summed E-state index contributed by atoms with van der Waals surface area (Å²) in [6.07, 6.45) is 6.76. The second-order valence-electron chi connectivity index (χ2n) is 5.56. The molecule has 0 spiro atoms. The van der Waals surface area contributed by atoms with Crippen molar-refractivity contribution in [3.05, 3.63) is 65.4 Å². The zero-order valence-corrected chi connectivity index (χ0v) is 13.3. The Labute approximate surface area is 133 Å². The highest BCUT2D eigenvalue weighted by molar-refractivity contribution is 7.99. The maximum absolute atomic E-state index is 4.62. The molecule has 1 atom stereocenters. The zero-order valence-electron chi connectivity index (χ0n) is 12.5. The molecule has 110 valence electrons. The molecule has 4 rings (SSSR count). The van der Waals surface area contributed by atoms with Crippen LogP contribution in [0.4, 0.5) is 0 Å². The summed E-state index contributed by atoms with van der Waals surface area (Å²) >= 11 is 1.89. The quantitative estimate of drug-likeness (QED) is 0.724. The van der Waals surface area contributed by atoms with Crippen molar-refractivity contribution in [2.75, 3.05) is 0 Å². The Hall–Kier alpha value is -2.14. The lowest BCUT2D eigenvalue weighted by Gasteiger charge is -2.13. The van der Waals surface area contributed by atoms with Crippen LogP contribution in [0.15, 0.2) is 47.8 Å². The first-order chi connectivity index (χ1) is 10.7. The molecule has 0 aliphatic carbocycles. The van der Waals surface area contributed by atoms with Crippen molar-refractivity contribution >= 4 is 11.8 Å². The maximum atomic E-state index is 4.62. The zero-order chi connectivity index (χ0) is 15.1. The molecule has 1 unspecified atom stereocenters. The molecule has 1 aliphatic rings.